The first-order chi connectivity index (χ1) is 11.0. The zero-order chi connectivity index (χ0) is 16.6. The van der Waals surface area contributed by atoms with E-state index in [4.69, 9.17) is 0 Å². The molecular weight excluding hydrogens is 297 g/mol. The van der Waals surface area contributed by atoms with Crippen LogP contribution >= 0.6 is 0 Å². The van der Waals surface area contributed by atoms with Gasteiger partial charge in [0.15, 0.2) is 0 Å². The van der Waals surface area contributed by atoms with Crippen LogP contribution in [0.15, 0.2) is 29.1 Å². The smallest absolute Gasteiger partial charge is 0.282 e. The van der Waals surface area contributed by atoms with Crippen LogP contribution in [0.25, 0.3) is 0 Å². The summed E-state index contributed by atoms with van der Waals surface area (Å²) in [6, 6.07) is 5.89. The van der Waals surface area contributed by atoms with Gasteiger partial charge >= 0.3 is 5.69 Å². The van der Waals surface area contributed by atoms with Crippen molar-refractivity contribution < 1.29 is 4.39 Å². The Bertz CT molecular complexity index is 855. The lowest BCUT2D eigenvalue weighted by atomic mass is 10.1. The van der Waals surface area contributed by atoms with Crippen molar-refractivity contribution in [3.05, 3.63) is 68.9 Å². The summed E-state index contributed by atoms with van der Waals surface area (Å²) in [6.07, 6.45) is 0.498. The van der Waals surface area contributed by atoms with Crippen molar-refractivity contribution in [3.63, 3.8) is 0 Å². The van der Waals surface area contributed by atoms with E-state index in [1.807, 2.05) is 20.8 Å². The molecule has 0 aliphatic rings. The van der Waals surface area contributed by atoms with Crippen LogP contribution in [-0.2, 0) is 6.42 Å². The zero-order valence-electron chi connectivity index (χ0n) is 13.2. The third kappa shape index (κ3) is 2.81. The summed E-state index contributed by atoms with van der Waals surface area (Å²) in [5.41, 5.74) is 3.43. The molecule has 0 aliphatic heterocycles. The summed E-state index contributed by atoms with van der Waals surface area (Å²) in [5, 5.41) is 13.8. The maximum absolute atomic E-state index is 13.1. The van der Waals surface area contributed by atoms with Crippen LogP contribution in [0.3, 0.4) is 0 Å². The van der Waals surface area contributed by atoms with Gasteiger partial charge in [-0.15, -0.1) is 0 Å². The summed E-state index contributed by atoms with van der Waals surface area (Å²) in [5.74, 6) is 0.324. The number of hydrogen-bond acceptors (Lipinski definition) is 3. The average molecular weight is 315 g/mol. The number of nitrogens with one attached hydrogen (secondary N) is 2. The Morgan fingerprint density at radius 1 is 1.17 bits per heavy atom. The summed E-state index contributed by atoms with van der Waals surface area (Å²) in [6.45, 7) is 5.74. The highest BCUT2D eigenvalue weighted by Crippen LogP contribution is 2.20. The van der Waals surface area contributed by atoms with Gasteiger partial charge in [0.05, 0.1) is 11.7 Å². The predicted molar refractivity (Wildman–Crippen MR) is 83.9 cm³/mol. The molecule has 0 saturated heterocycles. The van der Waals surface area contributed by atoms with Crippen molar-refractivity contribution in [1.82, 2.24) is 25.0 Å². The highest BCUT2D eigenvalue weighted by molar-refractivity contribution is 5.27. The van der Waals surface area contributed by atoms with Crippen LogP contribution in [-0.4, -0.2) is 25.0 Å². The molecule has 0 aliphatic carbocycles. The Balaban J connectivity index is 1.99. The fourth-order valence-corrected chi connectivity index (χ4v) is 2.74. The Hall–Kier alpha value is -2.70. The maximum Gasteiger partial charge on any atom is 0.343 e. The number of H-pyrrole nitrogens is 2. The van der Waals surface area contributed by atoms with Crippen LogP contribution in [0, 0.1) is 19.7 Å². The second kappa shape index (κ2) is 5.83. The second-order valence-electron chi connectivity index (χ2n) is 5.63. The van der Waals surface area contributed by atoms with Crippen LogP contribution in [0.1, 0.15) is 41.3 Å². The molecular formula is C16H18FN5O. The molecule has 2 aromatic heterocycles. The number of halogens is 1. The molecule has 3 aromatic rings. The van der Waals surface area contributed by atoms with Crippen molar-refractivity contribution >= 4 is 0 Å². The Labute approximate surface area is 132 Å². The Morgan fingerprint density at radius 2 is 1.87 bits per heavy atom. The highest BCUT2D eigenvalue weighted by atomic mass is 19.1. The fraction of sp³-hybridized carbons (Fsp3) is 0.312. The molecule has 0 bridgehead atoms. The van der Waals surface area contributed by atoms with Gasteiger partial charge in [0, 0.05) is 17.7 Å². The number of aromatic nitrogens is 5. The molecule has 7 heteroatoms. The molecule has 1 atom stereocenters. The minimum atomic E-state index is -0.301. The van der Waals surface area contributed by atoms with Crippen LogP contribution in [0.4, 0.5) is 4.39 Å². The van der Waals surface area contributed by atoms with Gasteiger partial charge in [0.2, 0.25) is 0 Å². The molecule has 23 heavy (non-hydrogen) atoms. The first-order valence-corrected chi connectivity index (χ1v) is 7.39. The molecule has 0 spiro atoms. The van der Waals surface area contributed by atoms with Crippen LogP contribution in [0.5, 0.6) is 0 Å². The summed E-state index contributed by atoms with van der Waals surface area (Å²) < 4.78 is 14.7. The van der Waals surface area contributed by atoms with E-state index in [9.17, 15) is 9.18 Å². The molecule has 0 radical (unpaired) electrons. The van der Waals surface area contributed by atoms with E-state index in [0.29, 0.717) is 12.2 Å². The normalized spacial score (nSPS) is 12.5. The minimum Gasteiger partial charge on any atom is -0.282 e. The van der Waals surface area contributed by atoms with Gasteiger partial charge in [-0.25, -0.2) is 14.3 Å². The molecule has 120 valence electrons. The predicted octanol–water partition coefficient (Wildman–Crippen LogP) is 2.25. The number of hydrogen-bond donors (Lipinski definition) is 2. The zero-order valence-corrected chi connectivity index (χ0v) is 13.2. The highest BCUT2D eigenvalue weighted by Gasteiger charge is 2.19. The van der Waals surface area contributed by atoms with Crippen molar-refractivity contribution in [2.24, 2.45) is 0 Å². The van der Waals surface area contributed by atoms with E-state index in [1.54, 1.807) is 16.7 Å². The molecule has 6 nitrogen and oxygen atoms in total. The van der Waals surface area contributed by atoms with Crippen molar-refractivity contribution in [2.45, 2.75) is 33.2 Å². The van der Waals surface area contributed by atoms with Gasteiger partial charge in [-0.05, 0) is 38.5 Å². The molecule has 0 amide bonds. The Morgan fingerprint density at radius 3 is 2.48 bits per heavy atom. The van der Waals surface area contributed by atoms with Gasteiger partial charge in [-0.1, -0.05) is 12.1 Å². The standard InChI is InChI=1S/C16H18FN5O/c1-9-14(10(2)19-18-9)8-15-20-21-16(23)22(15)11(3)12-4-6-13(17)7-5-12/h4-7,11H,8H2,1-3H3,(H,18,19)(H,21,23)/t11-/m1/s1. The monoisotopic (exact) mass is 315 g/mol. The Kier molecular flexibility index (Phi) is 3.85. The number of rotatable bonds is 4. The summed E-state index contributed by atoms with van der Waals surface area (Å²) in [4.78, 5) is 12.2. The lowest BCUT2D eigenvalue weighted by Gasteiger charge is -2.15. The molecule has 0 saturated carbocycles. The lowest BCUT2D eigenvalue weighted by molar-refractivity contribution is 0.585. The second-order valence-corrected chi connectivity index (χ2v) is 5.63. The molecule has 2 N–H and O–H groups in total. The summed E-state index contributed by atoms with van der Waals surface area (Å²) >= 11 is 0. The minimum absolute atomic E-state index is 0.246. The number of benzene rings is 1. The number of nitrogens with zero attached hydrogens (tertiary/aromatic N) is 3. The van der Waals surface area contributed by atoms with E-state index in [0.717, 1.165) is 22.5 Å². The van der Waals surface area contributed by atoms with E-state index in [1.165, 1.54) is 12.1 Å². The van der Waals surface area contributed by atoms with E-state index >= 15 is 0 Å². The molecule has 3 rings (SSSR count). The lowest BCUT2D eigenvalue weighted by Crippen LogP contribution is -2.23. The fourth-order valence-electron chi connectivity index (χ4n) is 2.74. The topological polar surface area (TPSA) is 79.4 Å². The van der Waals surface area contributed by atoms with E-state index in [2.05, 4.69) is 20.4 Å². The molecule has 2 heterocycles. The first kappa shape index (κ1) is 15.2. The van der Waals surface area contributed by atoms with Crippen molar-refractivity contribution in [1.29, 1.82) is 0 Å². The van der Waals surface area contributed by atoms with Crippen molar-refractivity contribution in [3.8, 4) is 0 Å². The maximum atomic E-state index is 13.1. The van der Waals surface area contributed by atoms with Gasteiger partial charge in [0.1, 0.15) is 11.6 Å². The SMILES string of the molecule is Cc1n[nH]c(C)c1Cc1n[nH]c(=O)n1[C@H](C)c1ccc(F)cc1. The first-order valence-electron chi connectivity index (χ1n) is 7.39. The van der Waals surface area contributed by atoms with Gasteiger partial charge in [0.25, 0.3) is 0 Å². The third-order valence-electron chi connectivity index (χ3n) is 4.13. The number of aryl methyl sites for hydroxylation is 2. The van der Waals surface area contributed by atoms with Crippen molar-refractivity contribution in [2.75, 3.05) is 0 Å². The summed E-state index contributed by atoms with van der Waals surface area (Å²) in [7, 11) is 0. The van der Waals surface area contributed by atoms with Gasteiger partial charge < -0.3 is 0 Å². The molecule has 0 unspecified atom stereocenters. The number of aromatic amines is 2. The van der Waals surface area contributed by atoms with Crippen LogP contribution < -0.4 is 5.69 Å². The molecule has 0 fully saturated rings. The largest absolute Gasteiger partial charge is 0.343 e. The van der Waals surface area contributed by atoms with E-state index < -0.39 is 0 Å². The quantitative estimate of drug-likeness (QED) is 0.775. The third-order valence-corrected chi connectivity index (χ3v) is 4.13. The van der Waals surface area contributed by atoms with Gasteiger partial charge in [-0.3, -0.25) is 9.67 Å². The van der Waals surface area contributed by atoms with E-state index in [-0.39, 0.29) is 17.5 Å². The molecule has 1 aromatic carbocycles. The average Bonchev–Trinajstić information content (AvgIpc) is 3.05. The van der Waals surface area contributed by atoms with Crippen LogP contribution in [0.2, 0.25) is 0 Å². The van der Waals surface area contributed by atoms with Gasteiger partial charge in [-0.2, -0.15) is 10.2 Å².